The maximum absolute atomic E-state index is 12.9. The Labute approximate surface area is 85.7 Å². The molecule has 1 aromatic rings. The average Bonchev–Trinajstić information content (AvgIpc) is 2.18. The van der Waals surface area contributed by atoms with Crippen LogP contribution in [0.25, 0.3) is 0 Å². The van der Waals surface area contributed by atoms with Crippen molar-refractivity contribution in [1.82, 2.24) is 5.32 Å². The summed E-state index contributed by atoms with van der Waals surface area (Å²) in [6, 6.07) is 3.34. The molecule has 1 aromatic carbocycles. The fraction of sp³-hybridized carbons (Fsp3) is 0.333. The van der Waals surface area contributed by atoms with Gasteiger partial charge in [0.1, 0.15) is 0 Å². The number of benzene rings is 1. The smallest absolute Gasteiger partial charge is 0.305 e. The van der Waals surface area contributed by atoms with Crippen LogP contribution in [0.3, 0.4) is 0 Å². The number of aliphatic hydroxyl groups is 1. The monoisotopic (exact) mass is 214 g/mol. The van der Waals surface area contributed by atoms with Crippen molar-refractivity contribution in [3.05, 3.63) is 39.7 Å². The summed E-state index contributed by atoms with van der Waals surface area (Å²) in [5, 5.41) is 22.6. The van der Waals surface area contributed by atoms with Gasteiger partial charge in [0, 0.05) is 12.6 Å². The molecule has 0 aliphatic heterocycles. The second-order valence-corrected chi connectivity index (χ2v) is 3.04. The molecule has 0 saturated carbocycles. The lowest BCUT2D eigenvalue weighted by molar-refractivity contribution is -0.387. The number of rotatable bonds is 4. The third-order valence-corrected chi connectivity index (χ3v) is 1.95. The van der Waals surface area contributed by atoms with Crippen LogP contribution < -0.4 is 5.32 Å². The molecule has 15 heavy (non-hydrogen) atoms. The maximum atomic E-state index is 12.9. The molecule has 82 valence electrons. The number of likely N-dealkylation sites (N-methyl/N-ethyl adjacent to an activating group) is 1. The zero-order chi connectivity index (χ0) is 11.4. The summed E-state index contributed by atoms with van der Waals surface area (Å²) < 4.78 is 12.9. The molecule has 0 saturated heterocycles. The molecule has 0 aliphatic carbocycles. The first-order chi connectivity index (χ1) is 7.06. The second kappa shape index (κ2) is 4.81. The van der Waals surface area contributed by atoms with Crippen LogP contribution in [-0.2, 0) is 0 Å². The summed E-state index contributed by atoms with van der Waals surface area (Å²) in [4.78, 5) is 9.61. The molecule has 1 atom stereocenters. The molecule has 6 heteroatoms. The van der Waals surface area contributed by atoms with E-state index in [1.807, 2.05) is 0 Å². The summed E-state index contributed by atoms with van der Waals surface area (Å²) in [6.45, 7) is 0.253. The van der Waals surface area contributed by atoms with E-state index in [1.165, 1.54) is 6.07 Å². The molecule has 0 radical (unpaired) electrons. The summed E-state index contributed by atoms with van der Waals surface area (Å²) in [5.41, 5.74) is -0.305. The van der Waals surface area contributed by atoms with E-state index in [-0.39, 0.29) is 6.54 Å². The van der Waals surface area contributed by atoms with Crippen molar-refractivity contribution in [3.63, 3.8) is 0 Å². The van der Waals surface area contributed by atoms with Crippen LogP contribution in [-0.4, -0.2) is 23.6 Å². The van der Waals surface area contributed by atoms with E-state index in [0.29, 0.717) is 5.56 Å². The molecule has 0 aromatic heterocycles. The fourth-order valence-corrected chi connectivity index (χ4v) is 1.19. The van der Waals surface area contributed by atoms with Crippen molar-refractivity contribution in [1.29, 1.82) is 0 Å². The third kappa shape index (κ3) is 2.71. The number of hydrogen-bond donors (Lipinski definition) is 2. The molecule has 0 fully saturated rings. The molecule has 1 rings (SSSR count). The molecule has 5 nitrogen and oxygen atoms in total. The minimum absolute atomic E-state index is 0.253. The Morgan fingerprint density at radius 3 is 2.87 bits per heavy atom. The maximum Gasteiger partial charge on any atom is 0.305 e. The van der Waals surface area contributed by atoms with Gasteiger partial charge in [-0.05, 0) is 18.7 Å². The van der Waals surface area contributed by atoms with Gasteiger partial charge in [-0.25, -0.2) is 0 Å². The molecule has 0 amide bonds. The molecule has 0 heterocycles. The first-order valence-electron chi connectivity index (χ1n) is 4.32. The molecule has 0 bridgehead atoms. The first kappa shape index (κ1) is 11.5. The average molecular weight is 214 g/mol. The minimum atomic E-state index is -0.902. The van der Waals surface area contributed by atoms with E-state index in [4.69, 9.17) is 0 Å². The Hall–Kier alpha value is -1.53. The SMILES string of the molecule is CNCC(O)c1ccc(F)c([N+](=O)[O-])c1. The van der Waals surface area contributed by atoms with Gasteiger partial charge in [0.25, 0.3) is 0 Å². The van der Waals surface area contributed by atoms with E-state index in [2.05, 4.69) is 5.32 Å². The Morgan fingerprint density at radius 2 is 2.33 bits per heavy atom. The van der Waals surface area contributed by atoms with Crippen LogP contribution in [0.15, 0.2) is 18.2 Å². The van der Waals surface area contributed by atoms with Gasteiger partial charge in [0.2, 0.25) is 5.82 Å². The zero-order valence-corrected chi connectivity index (χ0v) is 8.11. The van der Waals surface area contributed by atoms with E-state index >= 15 is 0 Å². The Kier molecular flexibility index (Phi) is 3.70. The minimum Gasteiger partial charge on any atom is -0.387 e. The van der Waals surface area contributed by atoms with E-state index in [1.54, 1.807) is 7.05 Å². The van der Waals surface area contributed by atoms with Crippen LogP contribution in [0, 0.1) is 15.9 Å². The normalized spacial score (nSPS) is 12.5. The van der Waals surface area contributed by atoms with Crippen molar-refractivity contribution in [3.8, 4) is 0 Å². The Morgan fingerprint density at radius 1 is 1.67 bits per heavy atom. The number of nitrogens with one attached hydrogen (secondary N) is 1. The van der Waals surface area contributed by atoms with Crippen molar-refractivity contribution >= 4 is 5.69 Å². The quantitative estimate of drug-likeness (QED) is 0.578. The van der Waals surface area contributed by atoms with Gasteiger partial charge >= 0.3 is 5.69 Å². The Balaban J connectivity index is 3.02. The summed E-state index contributed by atoms with van der Waals surface area (Å²) in [7, 11) is 1.64. The summed E-state index contributed by atoms with van der Waals surface area (Å²) in [6.07, 6.45) is -0.880. The first-order valence-corrected chi connectivity index (χ1v) is 4.32. The standard InChI is InChI=1S/C9H11FN2O3/c1-11-5-9(13)6-2-3-7(10)8(4-6)12(14)15/h2-4,9,11,13H,5H2,1H3. The Bertz CT molecular complexity index is 370. The number of aliphatic hydroxyl groups excluding tert-OH is 1. The highest BCUT2D eigenvalue weighted by molar-refractivity contribution is 5.37. The molecule has 1 unspecified atom stereocenters. The number of nitrogens with zero attached hydrogens (tertiary/aromatic N) is 1. The van der Waals surface area contributed by atoms with Gasteiger partial charge < -0.3 is 10.4 Å². The van der Waals surface area contributed by atoms with Crippen LogP contribution >= 0.6 is 0 Å². The van der Waals surface area contributed by atoms with Gasteiger partial charge in [-0.15, -0.1) is 0 Å². The van der Waals surface area contributed by atoms with E-state index in [0.717, 1.165) is 12.1 Å². The van der Waals surface area contributed by atoms with E-state index < -0.39 is 22.5 Å². The molecular weight excluding hydrogens is 203 g/mol. The lowest BCUT2D eigenvalue weighted by atomic mass is 10.1. The van der Waals surface area contributed by atoms with Crippen molar-refractivity contribution in [2.75, 3.05) is 13.6 Å². The van der Waals surface area contributed by atoms with Crippen LogP contribution in [0.4, 0.5) is 10.1 Å². The van der Waals surface area contributed by atoms with Gasteiger partial charge in [-0.1, -0.05) is 6.07 Å². The fourth-order valence-electron chi connectivity index (χ4n) is 1.19. The van der Waals surface area contributed by atoms with Gasteiger partial charge in [0.15, 0.2) is 0 Å². The second-order valence-electron chi connectivity index (χ2n) is 3.04. The third-order valence-electron chi connectivity index (χ3n) is 1.95. The topological polar surface area (TPSA) is 75.4 Å². The molecule has 0 spiro atoms. The lowest BCUT2D eigenvalue weighted by Gasteiger charge is -2.09. The van der Waals surface area contributed by atoms with Crippen molar-refractivity contribution in [2.24, 2.45) is 0 Å². The van der Waals surface area contributed by atoms with Crippen molar-refractivity contribution in [2.45, 2.75) is 6.10 Å². The zero-order valence-electron chi connectivity index (χ0n) is 8.11. The largest absolute Gasteiger partial charge is 0.387 e. The highest BCUT2D eigenvalue weighted by Gasteiger charge is 2.17. The predicted octanol–water partition coefficient (Wildman–Crippen LogP) is 0.987. The molecular formula is C9H11FN2O3. The highest BCUT2D eigenvalue weighted by atomic mass is 19.1. The van der Waals surface area contributed by atoms with Gasteiger partial charge in [-0.3, -0.25) is 10.1 Å². The van der Waals surface area contributed by atoms with Gasteiger partial charge in [-0.2, -0.15) is 4.39 Å². The van der Waals surface area contributed by atoms with Crippen LogP contribution in [0.1, 0.15) is 11.7 Å². The van der Waals surface area contributed by atoms with Crippen LogP contribution in [0.2, 0.25) is 0 Å². The highest BCUT2D eigenvalue weighted by Crippen LogP contribution is 2.22. The van der Waals surface area contributed by atoms with Gasteiger partial charge in [0.05, 0.1) is 11.0 Å². The number of halogens is 1. The molecule has 0 aliphatic rings. The summed E-state index contributed by atoms with van der Waals surface area (Å²) in [5.74, 6) is -0.902. The summed E-state index contributed by atoms with van der Waals surface area (Å²) >= 11 is 0. The van der Waals surface area contributed by atoms with Crippen LogP contribution in [0.5, 0.6) is 0 Å². The number of nitro benzene ring substituents is 1. The molecule has 2 N–H and O–H groups in total. The van der Waals surface area contributed by atoms with E-state index in [9.17, 15) is 19.6 Å². The number of hydrogen-bond acceptors (Lipinski definition) is 4. The lowest BCUT2D eigenvalue weighted by Crippen LogP contribution is -2.16. The predicted molar refractivity (Wildman–Crippen MR) is 51.9 cm³/mol. The number of nitro groups is 1. The van der Waals surface area contributed by atoms with Crippen molar-refractivity contribution < 1.29 is 14.4 Å².